The Hall–Kier alpha value is -1.62. The highest BCUT2D eigenvalue weighted by Crippen LogP contribution is 2.22. The van der Waals surface area contributed by atoms with Gasteiger partial charge in [0.05, 0.1) is 16.4 Å². The van der Waals surface area contributed by atoms with Crippen LogP contribution in [-0.2, 0) is 0 Å². The SMILES string of the molecule is O=Cc1cc(OCCCl)ccc1[N+](=O)[O-]. The van der Waals surface area contributed by atoms with E-state index in [1.165, 1.54) is 18.2 Å². The molecule has 0 heterocycles. The van der Waals surface area contributed by atoms with Gasteiger partial charge in [-0.15, -0.1) is 11.6 Å². The summed E-state index contributed by atoms with van der Waals surface area (Å²) in [5.74, 6) is 0.705. The second-order valence-electron chi connectivity index (χ2n) is 2.63. The fourth-order valence-corrected chi connectivity index (χ4v) is 1.12. The molecule has 1 rings (SSSR count). The third kappa shape index (κ3) is 2.92. The van der Waals surface area contributed by atoms with Crippen molar-refractivity contribution in [1.82, 2.24) is 0 Å². The number of carbonyl (C=O) groups excluding carboxylic acids is 1. The lowest BCUT2D eigenvalue weighted by molar-refractivity contribution is -0.385. The van der Waals surface area contributed by atoms with Gasteiger partial charge in [-0.25, -0.2) is 0 Å². The number of nitro benzene ring substituents is 1. The van der Waals surface area contributed by atoms with Crippen molar-refractivity contribution in [1.29, 1.82) is 0 Å². The van der Waals surface area contributed by atoms with Gasteiger partial charge in [-0.2, -0.15) is 0 Å². The van der Waals surface area contributed by atoms with Gasteiger partial charge >= 0.3 is 0 Å². The largest absolute Gasteiger partial charge is 0.492 e. The summed E-state index contributed by atoms with van der Waals surface area (Å²) in [5, 5.41) is 10.5. The van der Waals surface area contributed by atoms with Gasteiger partial charge in [0, 0.05) is 6.07 Å². The number of nitrogens with zero attached hydrogens (tertiary/aromatic N) is 1. The smallest absolute Gasteiger partial charge is 0.280 e. The van der Waals surface area contributed by atoms with Crippen LogP contribution in [0.25, 0.3) is 0 Å². The van der Waals surface area contributed by atoms with Gasteiger partial charge in [0.25, 0.3) is 5.69 Å². The van der Waals surface area contributed by atoms with Crippen molar-refractivity contribution in [2.24, 2.45) is 0 Å². The Morgan fingerprint density at radius 3 is 2.80 bits per heavy atom. The molecule has 80 valence electrons. The summed E-state index contributed by atoms with van der Waals surface area (Å²) in [6, 6.07) is 3.97. The minimum Gasteiger partial charge on any atom is -0.492 e. The van der Waals surface area contributed by atoms with Crippen LogP contribution in [-0.4, -0.2) is 23.7 Å². The summed E-state index contributed by atoms with van der Waals surface area (Å²) in [4.78, 5) is 20.4. The van der Waals surface area contributed by atoms with E-state index in [0.29, 0.717) is 17.9 Å². The summed E-state index contributed by atoms with van der Waals surface area (Å²) >= 11 is 5.40. The maximum atomic E-state index is 10.6. The summed E-state index contributed by atoms with van der Waals surface area (Å²) < 4.78 is 5.12. The number of carbonyl (C=O) groups is 1. The predicted molar refractivity (Wildman–Crippen MR) is 54.7 cm³/mol. The molecule has 0 amide bonds. The first-order valence-electron chi connectivity index (χ1n) is 4.11. The average molecular weight is 230 g/mol. The first kappa shape index (κ1) is 11.5. The minimum atomic E-state index is -0.616. The van der Waals surface area contributed by atoms with Crippen LogP contribution < -0.4 is 4.74 Å². The Kier molecular flexibility index (Phi) is 4.05. The molecule has 0 aliphatic carbocycles. The van der Waals surface area contributed by atoms with E-state index < -0.39 is 4.92 Å². The third-order valence-electron chi connectivity index (χ3n) is 1.67. The molecule has 15 heavy (non-hydrogen) atoms. The highest BCUT2D eigenvalue weighted by molar-refractivity contribution is 6.18. The molecule has 0 aliphatic heterocycles. The highest BCUT2D eigenvalue weighted by atomic mass is 35.5. The zero-order valence-electron chi connectivity index (χ0n) is 7.68. The average Bonchev–Trinajstić information content (AvgIpc) is 2.25. The molecule has 0 aromatic heterocycles. The molecule has 1 aromatic rings. The molecule has 0 N–H and O–H groups in total. The minimum absolute atomic E-state index is 0.00734. The zero-order valence-corrected chi connectivity index (χ0v) is 8.44. The summed E-state index contributed by atoms with van der Waals surface area (Å²) in [7, 11) is 0. The van der Waals surface area contributed by atoms with Crippen molar-refractivity contribution in [3.8, 4) is 5.75 Å². The van der Waals surface area contributed by atoms with E-state index in [-0.39, 0.29) is 17.9 Å². The van der Waals surface area contributed by atoms with Crippen molar-refractivity contribution in [3.05, 3.63) is 33.9 Å². The number of aldehydes is 1. The van der Waals surface area contributed by atoms with E-state index >= 15 is 0 Å². The number of hydrogen-bond donors (Lipinski definition) is 0. The summed E-state index contributed by atoms with van der Waals surface area (Å²) in [6.07, 6.45) is 0.422. The normalized spacial score (nSPS) is 9.67. The van der Waals surface area contributed by atoms with Crippen LogP contribution in [0.5, 0.6) is 5.75 Å². The van der Waals surface area contributed by atoms with Gasteiger partial charge in [0.1, 0.15) is 12.4 Å². The molecule has 0 spiro atoms. The molecule has 0 aliphatic rings. The lowest BCUT2D eigenvalue weighted by Crippen LogP contribution is -2.00. The number of hydrogen-bond acceptors (Lipinski definition) is 4. The highest BCUT2D eigenvalue weighted by Gasteiger charge is 2.13. The van der Waals surface area contributed by atoms with E-state index in [9.17, 15) is 14.9 Å². The first-order chi connectivity index (χ1) is 7.19. The molecule has 0 bridgehead atoms. The first-order valence-corrected chi connectivity index (χ1v) is 4.65. The molecular weight excluding hydrogens is 222 g/mol. The van der Waals surface area contributed by atoms with Crippen LogP contribution in [0, 0.1) is 10.1 Å². The molecule has 6 heteroatoms. The maximum Gasteiger partial charge on any atom is 0.280 e. The van der Waals surface area contributed by atoms with Crippen LogP contribution in [0.1, 0.15) is 10.4 Å². The van der Waals surface area contributed by atoms with E-state index in [1.54, 1.807) is 0 Å². The molecule has 0 saturated heterocycles. The Morgan fingerprint density at radius 2 is 2.27 bits per heavy atom. The predicted octanol–water partition coefficient (Wildman–Crippen LogP) is 2.02. The van der Waals surface area contributed by atoms with E-state index in [1.807, 2.05) is 0 Å². The van der Waals surface area contributed by atoms with Gasteiger partial charge in [0.15, 0.2) is 6.29 Å². The number of alkyl halides is 1. The molecule has 1 aromatic carbocycles. The van der Waals surface area contributed by atoms with E-state index in [4.69, 9.17) is 16.3 Å². The van der Waals surface area contributed by atoms with Crippen molar-refractivity contribution >= 4 is 23.6 Å². The van der Waals surface area contributed by atoms with E-state index in [2.05, 4.69) is 0 Å². The zero-order chi connectivity index (χ0) is 11.3. The fourth-order valence-electron chi connectivity index (χ4n) is 1.04. The molecule has 0 unspecified atom stereocenters. The third-order valence-corrected chi connectivity index (χ3v) is 1.82. The number of ether oxygens (including phenoxy) is 1. The van der Waals surface area contributed by atoms with Gasteiger partial charge < -0.3 is 4.74 Å². The number of nitro groups is 1. The van der Waals surface area contributed by atoms with Crippen molar-refractivity contribution < 1.29 is 14.5 Å². The van der Waals surface area contributed by atoms with Crippen LogP contribution in [0.4, 0.5) is 5.69 Å². The van der Waals surface area contributed by atoms with Gasteiger partial charge in [-0.1, -0.05) is 0 Å². The van der Waals surface area contributed by atoms with Gasteiger partial charge in [0.2, 0.25) is 0 Å². The Labute approximate surface area is 90.8 Å². The Morgan fingerprint density at radius 1 is 1.53 bits per heavy atom. The maximum absolute atomic E-state index is 10.6. The molecular formula is C9H8ClNO4. The molecule has 0 saturated carbocycles. The molecule has 0 fully saturated rings. The van der Waals surface area contributed by atoms with Gasteiger partial charge in [-0.05, 0) is 12.1 Å². The number of halogens is 1. The topological polar surface area (TPSA) is 69.4 Å². The van der Waals surface area contributed by atoms with Crippen molar-refractivity contribution in [2.75, 3.05) is 12.5 Å². The number of benzene rings is 1. The van der Waals surface area contributed by atoms with Crippen LogP contribution in [0.3, 0.4) is 0 Å². The fraction of sp³-hybridized carbons (Fsp3) is 0.222. The van der Waals surface area contributed by atoms with Crippen LogP contribution in [0.2, 0.25) is 0 Å². The quantitative estimate of drug-likeness (QED) is 0.335. The van der Waals surface area contributed by atoms with Gasteiger partial charge in [-0.3, -0.25) is 14.9 Å². The summed E-state index contributed by atoms with van der Waals surface area (Å²) in [5.41, 5.74) is -0.240. The second kappa shape index (κ2) is 5.31. The summed E-state index contributed by atoms with van der Waals surface area (Å²) in [6.45, 7) is 0.289. The monoisotopic (exact) mass is 229 g/mol. The molecule has 5 nitrogen and oxygen atoms in total. The van der Waals surface area contributed by atoms with Crippen LogP contribution >= 0.6 is 11.6 Å². The second-order valence-corrected chi connectivity index (χ2v) is 3.01. The van der Waals surface area contributed by atoms with Crippen LogP contribution in [0.15, 0.2) is 18.2 Å². The van der Waals surface area contributed by atoms with E-state index in [0.717, 1.165) is 0 Å². The lowest BCUT2D eigenvalue weighted by atomic mass is 10.2. The standard InChI is InChI=1S/C9H8ClNO4/c10-3-4-15-8-1-2-9(11(13)14)7(5-8)6-12/h1-2,5-6H,3-4H2. The Bertz CT molecular complexity index is 380. The van der Waals surface area contributed by atoms with Crippen molar-refractivity contribution in [3.63, 3.8) is 0 Å². The Balaban J connectivity index is 2.97. The molecule has 0 atom stereocenters. The number of rotatable bonds is 5. The lowest BCUT2D eigenvalue weighted by Gasteiger charge is -2.04. The van der Waals surface area contributed by atoms with Crippen molar-refractivity contribution in [2.45, 2.75) is 0 Å². The molecule has 0 radical (unpaired) electrons.